The van der Waals surface area contributed by atoms with E-state index in [1.165, 1.54) is 24.3 Å². The number of hydrogen-bond acceptors (Lipinski definition) is 3. The van der Waals surface area contributed by atoms with Crippen LogP contribution in [0.25, 0.3) is 0 Å². The fourth-order valence-electron chi connectivity index (χ4n) is 2.96. The average molecular weight is 335 g/mol. The Balaban J connectivity index is 1.95. The molecule has 1 atom stereocenters. The van der Waals surface area contributed by atoms with Crippen LogP contribution >= 0.6 is 0 Å². The molecule has 0 aliphatic carbocycles. The molecule has 1 aliphatic rings. The molecule has 6 heteroatoms. The molecule has 2 amide bonds. The molecule has 0 saturated carbocycles. The summed E-state index contributed by atoms with van der Waals surface area (Å²) in [6, 6.07) is 5.07. The molecule has 1 fully saturated rings. The number of benzene rings is 1. The van der Waals surface area contributed by atoms with Gasteiger partial charge in [0.05, 0.1) is 6.04 Å². The molecule has 1 aromatic rings. The Kier molecular flexibility index (Phi) is 6.31. The molecule has 24 heavy (non-hydrogen) atoms. The number of hydrogen-bond donors (Lipinski definition) is 1. The zero-order valence-electron chi connectivity index (χ0n) is 14.4. The third-order valence-corrected chi connectivity index (χ3v) is 4.23. The smallest absolute Gasteiger partial charge is 0.253 e. The van der Waals surface area contributed by atoms with E-state index in [-0.39, 0.29) is 17.6 Å². The number of rotatable bonds is 4. The van der Waals surface area contributed by atoms with Crippen LogP contribution in [0.4, 0.5) is 4.39 Å². The molecule has 0 spiro atoms. The van der Waals surface area contributed by atoms with Crippen molar-refractivity contribution in [1.29, 1.82) is 0 Å². The second-order valence-electron chi connectivity index (χ2n) is 6.71. The number of nitrogens with zero attached hydrogens (tertiary/aromatic N) is 2. The number of amides is 2. The molecular formula is C18H26FN3O2. The maximum atomic E-state index is 13.0. The van der Waals surface area contributed by atoms with Crippen molar-refractivity contribution in [3.8, 4) is 0 Å². The summed E-state index contributed by atoms with van der Waals surface area (Å²) in [4.78, 5) is 28.4. The first-order valence-electron chi connectivity index (χ1n) is 8.47. The summed E-state index contributed by atoms with van der Waals surface area (Å²) < 4.78 is 13.0. The fraction of sp³-hybridized carbons (Fsp3) is 0.556. The summed E-state index contributed by atoms with van der Waals surface area (Å²) in [5.74, 6) is -0.165. The van der Waals surface area contributed by atoms with Crippen LogP contribution in [0.5, 0.6) is 0 Å². The Morgan fingerprint density at radius 3 is 2.29 bits per heavy atom. The van der Waals surface area contributed by atoms with Gasteiger partial charge in [-0.25, -0.2) is 4.39 Å². The molecule has 0 unspecified atom stereocenters. The van der Waals surface area contributed by atoms with Gasteiger partial charge in [0, 0.05) is 31.7 Å². The summed E-state index contributed by atoms with van der Waals surface area (Å²) in [5, 5.41) is 0. The van der Waals surface area contributed by atoms with Crippen molar-refractivity contribution in [1.82, 2.24) is 9.80 Å². The Labute approximate surface area is 142 Å². The minimum absolute atomic E-state index is 0.0419. The number of carbonyl (C=O) groups is 2. The number of halogens is 1. The maximum absolute atomic E-state index is 13.0. The summed E-state index contributed by atoms with van der Waals surface area (Å²) in [6.07, 6.45) is 1.38. The minimum atomic E-state index is -0.482. The molecule has 1 aromatic carbocycles. The monoisotopic (exact) mass is 335 g/mol. The standard InChI is InChI=1S/C18H26FN3O2/c1-13(2)12-16(20)18(24)22-9-3-8-21(10-11-22)17(23)14-4-6-15(19)7-5-14/h4-7,13,16H,3,8-12,20H2,1-2H3/t16-/m0/s1. The summed E-state index contributed by atoms with van der Waals surface area (Å²) in [5.41, 5.74) is 6.46. The van der Waals surface area contributed by atoms with Gasteiger partial charge in [-0.05, 0) is 43.0 Å². The Morgan fingerprint density at radius 2 is 1.67 bits per heavy atom. The molecule has 1 saturated heterocycles. The largest absolute Gasteiger partial charge is 0.340 e. The van der Waals surface area contributed by atoms with Crippen LogP contribution in [0.1, 0.15) is 37.0 Å². The van der Waals surface area contributed by atoms with Crippen molar-refractivity contribution < 1.29 is 14.0 Å². The van der Waals surface area contributed by atoms with Gasteiger partial charge in [0.25, 0.3) is 5.91 Å². The average Bonchev–Trinajstić information content (AvgIpc) is 2.79. The Hall–Kier alpha value is -1.95. The zero-order chi connectivity index (χ0) is 17.7. The lowest BCUT2D eigenvalue weighted by Gasteiger charge is -2.25. The van der Waals surface area contributed by atoms with E-state index in [9.17, 15) is 14.0 Å². The third kappa shape index (κ3) is 4.77. The van der Waals surface area contributed by atoms with Gasteiger partial charge in [-0.15, -0.1) is 0 Å². The second-order valence-corrected chi connectivity index (χ2v) is 6.71. The molecule has 5 nitrogen and oxygen atoms in total. The third-order valence-electron chi connectivity index (χ3n) is 4.23. The highest BCUT2D eigenvalue weighted by Gasteiger charge is 2.26. The number of nitrogens with two attached hydrogens (primary N) is 1. The molecule has 132 valence electrons. The highest BCUT2D eigenvalue weighted by molar-refractivity contribution is 5.94. The summed E-state index contributed by atoms with van der Waals surface area (Å²) >= 11 is 0. The SMILES string of the molecule is CC(C)C[C@H](N)C(=O)N1CCCN(C(=O)c2ccc(F)cc2)CC1. The van der Waals surface area contributed by atoms with Crippen molar-refractivity contribution in [2.45, 2.75) is 32.7 Å². The first kappa shape index (κ1) is 18.4. The van der Waals surface area contributed by atoms with Gasteiger partial charge in [-0.2, -0.15) is 0 Å². The molecule has 2 N–H and O–H groups in total. The fourth-order valence-corrected chi connectivity index (χ4v) is 2.96. The van der Waals surface area contributed by atoms with Crippen molar-refractivity contribution >= 4 is 11.8 Å². The van der Waals surface area contributed by atoms with Gasteiger partial charge in [-0.3, -0.25) is 9.59 Å². The van der Waals surface area contributed by atoms with Gasteiger partial charge < -0.3 is 15.5 Å². The minimum Gasteiger partial charge on any atom is -0.340 e. The highest BCUT2D eigenvalue weighted by Crippen LogP contribution is 2.12. The van der Waals surface area contributed by atoms with Crippen LogP contribution in [0.15, 0.2) is 24.3 Å². The van der Waals surface area contributed by atoms with E-state index in [1.807, 2.05) is 13.8 Å². The molecule has 1 heterocycles. The Bertz CT molecular complexity index is 574. The van der Waals surface area contributed by atoms with Crippen molar-refractivity contribution in [2.24, 2.45) is 11.7 Å². The topological polar surface area (TPSA) is 66.6 Å². The molecule has 0 radical (unpaired) electrons. The number of carbonyl (C=O) groups excluding carboxylic acids is 2. The van der Waals surface area contributed by atoms with E-state index in [1.54, 1.807) is 9.80 Å². The normalized spacial score (nSPS) is 16.9. The van der Waals surface area contributed by atoms with E-state index in [0.717, 1.165) is 0 Å². The van der Waals surface area contributed by atoms with E-state index in [0.29, 0.717) is 50.5 Å². The van der Waals surface area contributed by atoms with Gasteiger partial charge >= 0.3 is 0 Å². The predicted molar refractivity (Wildman–Crippen MR) is 90.9 cm³/mol. The van der Waals surface area contributed by atoms with Gasteiger partial charge in [0.1, 0.15) is 5.82 Å². The van der Waals surface area contributed by atoms with Crippen LogP contribution in [0.3, 0.4) is 0 Å². The van der Waals surface area contributed by atoms with Gasteiger partial charge in [-0.1, -0.05) is 13.8 Å². The van der Waals surface area contributed by atoms with Crippen molar-refractivity contribution in [3.63, 3.8) is 0 Å². The van der Waals surface area contributed by atoms with Crippen LogP contribution < -0.4 is 5.73 Å². The summed E-state index contributed by atoms with van der Waals surface area (Å²) in [7, 11) is 0. The lowest BCUT2D eigenvalue weighted by Crippen LogP contribution is -2.46. The maximum Gasteiger partial charge on any atom is 0.253 e. The van der Waals surface area contributed by atoms with Crippen molar-refractivity contribution in [3.05, 3.63) is 35.6 Å². The quantitative estimate of drug-likeness (QED) is 0.913. The lowest BCUT2D eigenvalue weighted by molar-refractivity contribution is -0.132. The molecule has 0 bridgehead atoms. The second kappa shape index (κ2) is 8.24. The molecule has 1 aliphatic heterocycles. The van der Waals surface area contributed by atoms with Crippen LogP contribution in [-0.2, 0) is 4.79 Å². The van der Waals surface area contributed by atoms with Gasteiger partial charge in [0.2, 0.25) is 5.91 Å². The first-order valence-corrected chi connectivity index (χ1v) is 8.47. The van der Waals surface area contributed by atoms with Crippen LogP contribution in [0, 0.1) is 11.7 Å². The molecule has 2 rings (SSSR count). The van der Waals surface area contributed by atoms with Gasteiger partial charge in [0.15, 0.2) is 0 Å². The molecular weight excluding hydrogens is 309 g/mol. The first-order chi connectivity index (χ1) is 11.4. The molecule has 0 aromatic heterocycles. The van der Waals surface area contributed by atoms with E-state index >= 15 is 0 Å². The van der Waals surface area contributed by atoms with Crippen molar-refractivity contribution in [2.75, 3.05) is 26.2 Å². The zero-order valence-corrected chi connectivity index (χ0v) is 14.4. The van der Waals surface area contributed by atoms with E-state index < -0.39 is 6.04 Å². The van der Waals surface area contributed by atoms with Crippen LogP contribution in [0.2, 0.25) is 0 Å². The lowest BCUT2D eigenvalue weighted by atomic mass is 10.0. The Morgan fingerprint density at radius 1 is 1.08 bits per heavy atom. The van der Waals surface area contributed by atoms with E-state index in [2.05, 4.69) is 0 Å². The van der Waals surface area contributed by atoms with E-state index in [4.69, 9.17) is 5.73 Å². The van der Waals surface area contributed by atoms with Crippen LogP contribution in [-0.4, -0.2) is 53.8 Å². The summed E-state index contributed by atoms with van der Waals surface area (Å²) in [6.45, 7) is 6.22. The highest BCUT2D eigenvalue weighted by atomic mass is 19.1. The predicted octanol–water partition coefficient (Wildman–Crippen LogP) is 1.87.